The third-order valence-corrected chi connectivity index (χ3v) is 4.05. The molecule has 5 atom stereocenters. The van der Waals surface area contributed by atoms with Crippen molar-refractivity contribution in [1.82, 2.24) is 0 Å². The minimum absolute atomic E-state index is 0.244. The van der Waals surface area contributed by atoms with Crippen molar-refractivity contribution in [2.45, 2.75) is 29.4 Å². The average Bonchev–Trinajstić information content (AvgIpc) is 2.57. The van der Waals surface area contributed by atoms with E-state index in [1.807, 2.05) is 0 Å². The number of quaternary nitrogens is 1. The minimum atomic E-state index is -0.462. The molecule has 0 saturated carbocycles. The maximum Gasteiger partial charge on any atom is 0.122 e. The number of fused-ring (bicyclic) bond motifs is 1. The Morgan fingerprint density at radius 3 is 3.08 bits per heavy atom. The predicted molar refractivity (Wildman–Crippen MR) is 50.8 cm³/mol. The summed E-state index contributed by atoms with van der Waals surface area (Å²) >= 11 is 3.57. The first-order chi connectivity index (χ1) is 6.24. The van der Waals surface area contributed by atoms with E-state index < -0.39 is 6.10 Å². The van der Waals surface area contributed by atoms with Gasteiger partial charge in [-0.15, -0.1) is 0 Å². The van der Waals surface area contributed by atoms with Crippen molar-refractivity contribution in [1.29, 1.82) is 0 Å². The van der Waals surface area contributed by atoms with Crippen molar-refractivity contribution < 1.29 is 10.0 Å². The summed E-state index contributed by atoms with van der Waals surface area (Å²) in [4.78, 5) is 4.55. The van der Waals surface area contributed by atoms with Crippen molar-refractivity contribution >= 4 is 15.9 Å². The van der Waals surface area contributed by atoms with Gasteiger partial charge in [-0.1, -0.05) is 21.0 Å². The van der Waals surface area contributed by atoms with Gasteiger partial charge in [-0.2, -0.15) is 0 Å². The van der Waals surface area contributed by atoms with Crippen LogP contribution in [0.1, 0.15) is 6.42 Å². The highest BCUT2D eigenvalue weighted by Gasteiger charge is 2.51. The molecule has 0 amide bonds. The van der Waals surface area contributed by atoms with E-state index >= 15 is 0 Å². The molecule has 0 aromatic carbocycles. The number of nitrogens with one attached hydrogen (secondary N) is 1. The van der Waals surface area contributed by atoms with Crippen LogP contribution in [0.3, 0.4) is 0 Å². The Kier molecular flexibility index (Phi) is 2.47. The van der Waals surface area contributed by atoms with Crippen LogP contribution in [0.5, 0.6) is 0 Å². The van der Waals surface area contributed by atoms with Crippen molar-refractivity contribution in [3.63, 3.8) is 0 Å². The number of azide groups is 1. The molecule has 5 nitrogen and oxygen atoms in total. The Hall–Kier alpha value is -0.290. The molecule has 2 aliphatic heterocycles. The van der Waals surface area contributed by atoms with E-state index in [2.05, 4.69) is 26.0 Å². The zero-order valence-electron chi connectivity index (χ0n) is 7.10. The van der Waals surface area contributed by atoms with Crippen LogP contribution in [-0.4, -0.2) is 41.2 Å². The Labute approximate surface area is 84.5 Å². The van der Waals surface area contributed by atoms with Crippen molar-refractivity contribution in [3.05, 3.63) is 10.4 Å². The van der Waals surface area contributed by atoms with Crippen molar-refractivity contribution in [2.24, 2.45) is 5.11 Å². The second-order valence-corrected chi connectivity index (χ2v) is 4.88. The molecule has 0 spiro atoms. The van der Waals surface area contributed by atoms with Crippen LogP contribution in [0, 0.1) is 0 Å². The van der Waals surface area contributed by atoms with E-state index in [-0.39, 0.29) is 12.1 Å². The first-order valence-electron chi connectivity index (χ1n) is 4.45. The zero-order chi connectivity index (χ0) is 9.42. The quantitative estimate of drug-likeness (QED) is 0.278. The summed E-state index contributed by atoms with van der Waals surface area (Å²) in [6.45, 7) is 1.78. The van der Waals surface area contributed by atoms with E-state index in [1.165, 1.54) is 4.90 Å². The van der Waals surface area contributed by atoms with Gasteiger partial charge in [0.05, 0.1) is 11.4 Å². The molecule has 0 aliphatic carbocycles. The van der Waals surface area contributed by atoms with Crippen LogP contribution in [-0.2, 0) is 0 Å². The second kappa shape index (κ2) is 3.46. The third kappa shape index (κ3) is 1.44. The van der Waals surface area contributed by atoms with Gasteiger partial charge in [-0.25, -0.2) is 0 Å². The predicted octanol–water partition coefficient (Wildman–Crippen LogP) is -0.539. The summed E-state index contributed by atoms with van der Waals surface area (Å²) in [5, 5.41) is 13.3. The molecule has 72 valence electrons. The fourth-order valence-corrected chi connectivity index (χ4v) is 3.37. The summed E-state index contributed by atoms with van der Waals surface area (Å²) in [7, 11) is 0. The first-order valence-corrected chi connectivity index (χ1v) is 5.36. The van der Waals surface area contributed by atoms with Gasteiger partial charge in [0.25, 0.3) is 0 Å². The molecule has 2 saturated heterocycles. The smallest absolute Gasteiger partial charge is 0.122 e. The summed E-state index contributed by atoms with van der Waals surface area (Å²) in [6.07, 6.45) is 0.640. The molecule has 2 fully saturated rings. The third-order valence-electron chi connectivity index (χ3n) is 3.02. The van der Waals surface area contributed by atoms with Crippen LogP contribution in [0.4, 0.5) is 0 Å². The molecule has 0 aromatic rings. The Morgan fingerprint density at radius 2 is 2.38 bits per heavy atom. The molecule has 2 aliphatic rings. The highest BCUT2D eigenvalue weighted by molar-refractivity contribution is 9.09. The fourth-order valence-electron chi connectivity index (χ4n) is 2.46. The van der Waals surface area contributed by atoms with Crippen LogP contribution in [0.25, 0.3) is 10.4 Å². The second-order valence-electron chi connectivity index (χ2n) is 3.71. The summed E-state index contributed by atoms with van der Waals surface area (Å²) in [5.41, 5.74) is 8.37. The minimum Gasteiger partial charge on any atom is -0.387 e. The van der Waals surface area contributed by atoms with E-state index in [0.29, 0.717) is 4.83 Å². The highest BCUT2D eigenvalue weighted by Crippen LogP contribution is 2.22. The molecule has 13 heavy (non-hydrogen) atoms. The van der Waals surface area contributed by atoms with Crippen molar-refractivity contribution in [3.8, 4) is 0 Å². The lowest BCUT2D eigenvalue weighted by molar-refractivity contribution is -0.899. The van der Waals surface area contributed by atoms with Gasteiger partial charge in [-0.3, -0.25) is 0 Å². The number of nitrogens with zero attached hydrogens (tertiary/aromatic N) is 3. The molecule has 6 heteroatoms. The van der Waals surface area contributed by atoms with Crippen LogP contribution >= 0.6 is 15.9 Å². The summed E-state index contributed by atoms with van der Waals surface area (Å²) in [6, 6.07) is 0.0257. The summed E-state index contributed by atoms with van der Waals surface area (Å²) in [5.74, 6) is 0. The van der Waals surface area contributed by atoms with Gasteiger partial charge in [0.2, 0.25) is 0 Å². The molecule has 0 radical (unpaired) electrons. The molecular weight excluding hydrogens is 236 g/mol. The SMILES string of the molecule is [N-]=[N+]=N[C@@H]1[C@H]2[C@@H](Br)CC[NH+]2C[C@H]1O. The normalized spacial score (nSPS) is 48.6. The lowest BCUT2D eigenvalue weighted by Gasteiger charge is -2.15. The van der Waals surface area contributed by atoms with Gasteiger partial charge in [0.15, 0.2) is 0 Å². The van der Waals surface area contributed by atoms with E-state index in [9.17, 15) is 5.11 Å². The molecule has 0 bridgehead atoms. The molecule has 1 unspecified atom stereocenters. The molecule has 0 aromatic heterocycles. The van der Waals surface area contributed by atoms with Gasteiger partial charge < -0.3 is 10.0 Å². The van der Waals surface area contributed by atoms with Gasteiger partial charge >= 0.3 is 0 Å². The largest absolute Gasteiger partial charge is 0.387 e. The molecule has 2 N–H and O–H groups in total. The van der Waals surface area contributed by atoms with Crippen LogP contribution in [0.15, 0.2) is 5.11 Å². The lowest BCUT2D eigenvalue weighted by Crippen LogP contribution is -3.12. The van der Waals surface area contributed by atoms with Crippen molar-refractivity contribution in [2.75, 3.05) is 13.1 Å². The number of hydrogen-bond acceptors (Lipinski definition) is 2. The average molecular weight is 248 g/mol. The number of aliphatic hydroxyl groups is 1. The Morgan fingerprint density at radius 1 is 1.62 bits per heavy atom. The maximum absolute atomic E-state index is 9.64. The van der Waals surface area contributed by atoms with E-state index in [0.717, 1.165) is 19.5 Å². The van der Waals surface area contributed by atoms with E-state index in [1.54, 1.807) is 0 Å². The Balaban J connectivity index is 2.20. The fraction of sp³-hybridized carbons (Fsp3) is 1.00. The first kappa shape index (κ1) is 9.27. The van der Waals surface area contributed by atoms with E-state index in [4.69, 9.17) is 5.53 Å². The van der Waals surface area contributed by atoms with Gasteiger partial charge in [0, 0.05) is 11.3 Å². The van der Waals surface area contributed by atoms with Crippen LogP contribution in [0.2, 0.25) is 0 Å². The Bertz CT molecular complexity index is 255. The number of aliphatic hydroxyl groups excluding tert-OH is 1. The lowest BCUT2D eigenvalue weighted by atomic mass is 10.1. The molecular formula is C7H12BrN4O+. The number of alkyl halides is 1. The zero-order valence-corrected chi connectivity index (χ0v) is 8.68. The number of hydrogen-bond donors (Lipinski definition) is 2. The van der Waals surface area contributed by atoms with Gasteiger partial charge in [-0.05, 0) is 5.53 Å². The number of rotatable bonds is 1. The standard InChI is InChI=1S/C7H11BrN4O/c8-4-1-2-12-3-5(13)6(7(4)12)10-11-9/h4-7,13H,1-3H2/p+1/t4-,5+,6-,7+/m0/s1. The van der Waals surface area contributed by atoms with Gasteiger partial charge in [0.1, 0.15) is 24.7 Å². The molecule has 2 heterocycles. The highest BCUT2D eigenvalue weighted by atomic mass is 79.9. The monoisotopic (exact) mass is 247 g/mol. The molecule has 2 rings (SSSR count). The topological polar surface area (TPSA) is 73.4 Å². The van der Waals surface area contributed by atoms with Crippen LogP contribution < -0.4 is 4.90 Å². The maximum atomic E-state index is 9.64. The summed E-state index contributed by atoms with van der Waals surface area (Å²) < 4.78 is 0. The number of halogens is 1.